The summed E-state index contributed by atoms with van der Waals surface area (Å²) >= 11 is 0. The molecule has 13 heteroatoms. The highest BCUT2D eigenvalue weighted by molar-refractivity contribution is 5.94. The average Bonchev–Trinajstić information content (AvgIpc) is 2.85. The Morgan fingerprint density at radius 3 is 2.61 bits per heavy atom. The Balaban J connectivity index is 1.56. The highest BCUT2D eigenvalue weighted by Crippen LogP contribution is 2.49. The second kappa shape index (κ2) is 10.8. The molecule has 4 fully saturated rings. The molecule has 1 aliphatic carbocycles. The number of rotatable bonds is 8. The lowest BCUT2D eigenvalue weighted by Gasteiger charge is -2.54. The molecule has 0 unspecified atom stereocenters. The molecular weight excluding hydrogens is 510 g/mol. The van der Waals surface area contributed by atoms with Gasteiger partial charge in [-0.1, -0.05) is 0 Å². The number of alkyl halides is 2. The highest BCUT2D eigenvalue weighted by atomic mass is 19.3. The van der Waals surface area contributed by atoms with Crippen LogP contribution in [0.15, 0.2) is 18.2 Å². The summed E-state index contributed by atoms with van der Waals surface area (Å²) < 4.78 is 57.6. The zero-order valence-electron chi connectivity index (χ0n) is 20.8. The first-order valence-electron chi connectivity index (χ1n) is 12.7. The van der Waals surface area contributed by atoms with Gasteiger partial charge in [0.25, 0.3) is 5.92 Å². The van der Waals surface area contributed by atoms with E-state index in [1.807, 2.05) is 0 Å². The third kappa shape index (κ3) is 5.56. The zero-order chi connectivity index (χ0) is 27.8. The van der Waals surface area contributed by atoms with Crippen molar-refractivity contribution >= 4 is 29.3 Å². The second-order valence-electron chi connectivity index (χ2n) is 10.3. The number of hydrogen-bond acceptors (Lipinski definition) is 5. The highest BCUT2D eigenvalue weighted by Gasteiger charge is 2.61. The molecule has 1 aromatic carbocycles. The maximum Gasteiger partial charge on any atom is 0.255 e. The van der Waals surface area contributed by atoms with Gasteiger partial charge in [0.1, 0.15) is 29.8 Å². The van der Waals surface area contributed by atoms with Crippen molar-refractivity contribution in [3.8, 4) is 0 Å². The monoisotopic (exact) mass is 541 g/mol. The standard InChI is InChI=1S/C25H31F4N5O4/c1-12(32-18-10-14(26)4-7-17(18)27)24(38)34-15-5-6-16(25(28,29)11-15)20(34)23(37)33-19(21(30)35)9-13-3-2-8-31-22(13)36/h4,7,10,12-13,15-16,19-20,32H,2-3,5-6,8-9,11H2,1H3,(H2,30,35)(H,31,36)(H,33,37)/t12-,13-,15-,16-,19-,20-/m0/s1. The number of nitrogens with two attached hydrogens (primary N) is 1. The summed E-state index contributed by atoms with van der Waals surface area (Å²) in [6, 6.07) is -2.44. The predicted octanol–water partition coefficient (Wildman–Crippen LogP) is 1.67. The summed E-state index contributed by atoms with van der Waals surface area (Å²) in [5, 5.41) is 7.65. The van der Waals surface area contributed by atoms with Gasteiger partial charge in [-0.05, 0) is 57.2 Å². The maximum atomic E-state index is 14.9. The zero-order valence-corrected chi connectivity index (χ0v) is 20.8. The molecule has 3 aliphatic heterocycles. The lowest BCUT2D eigenvalue weighted by atomic mass is 9.71. The number of fused-ring (bicyclic) bond motifs is 3. The van der Waals surface area contributed by atoms with Gasteiger partial charge in [0, 0.05) is 24.9 Å². The Morgan fingerprint density at radius 1 is 1.21 bits per heavy atom. The van der Waals surface area contributed by atoms with E-state index >= 15 is 0 Å². The molecule has 1 saturated carbocycles. The number of carbonyl (C=O) groups excluding carboxylic acids is 4. The lowest BCUT2D eigenvalue weighted by Crippen LogP contribution is -2.70. The number of amides is 4. The quantitative estimate of drug-likeness (QED) is 0.372. The first-order valence-corrected chi connectivity index (χ1v) is 12.7. The number of halogens is 4. The third-order valence-corrected chi connectivity index (χ3v) is 7.71. The molecule has 5 rings (SSSR count). The summed E-state index contributed by atoms with van der Waals surface area (Å²) in [5.74, 6) is -9.85. The Bertz CT molecular complexity index is 1120. The number of primary amides is 1. The summed E-state index contributed by atoms with van der Waals surface area (Å²) in [7, 11) is 0. The summed E-state index contributed by atoms with van der Waals surface area (Å²) in [5.41, 5.74) is 5.18. The van der Waals surface area contributed by atoms with Gasteiger partial charge in [0.15, 0.2) is 0 Å². The topological polar surface area (TPSA) is 134 Å². The van der Waals surface area contributed by atoms with Crippen LogP contribution in [0.2, 0.25) is 0 Å². The largest absolute Gasteiger partial charge is 0.371 e. The molecule has 0 radical (unpaired) electrons. The van der Waals surface area contributed by atoms with E-state index in [-0.39, 0.29) is 30.9 Å². The fraction of sp³-hybridized carbons (Fsp3) is 0.600. The smallest absolute Gasteiger partial charge is 0.255 e. The van der Waals surface area contributed by atoms with Crippen molar-refractivity contribution in [3.63, 3.8) is 0 Å². The van der Waals surface area contributed by atoms with Crippen LogP contribution >= 0.6 is 0 Å². The van der Waals surface area contributed by atoms with Gasteiger partial charge in [-0.15, -0.1) is 0 Å². The van der Waals surface area contributed by atoms with E-state index in [9.17, 15) is 36.7 Å². The molecule has 4 amide bonds. The number of carbonyl (C=O) groups is 4. The third-order valence-electron chi connectivity index (χ3n) is 7.71. The SMILES string of the molecule is C[C@H](Nc1cc(F)ccc1F)C(=O)N1[C@H]2CC[C@@H]([C@H]1C(=O)N[C@@H](C[C@@H]1CCCNC1=O)C(N)=O)C(F)(F)C2. The van der Waals surface area contributed by atoms with E-state index in [0.29, 0.717) is 19.4 Å². The number of benzene rings is 1. The van der Waals surface area contributed by atoms with Crippen LogP contribution in [0.25, 0.3) is 0 Å². The van der Waals surface area contributed by atoms with Crippen molar-refractivity contribution in [1.82, 2.24) is 15.5 Å². The Kier molecular flexibility index (Phi) is 7.84. The van der Waals surface area contributed by atoms with E-state index in [4.69, 9.17) is 5.73 Å². The van der Waals surface area contributed by atoms with Crippen LogP contribution in [0.5, 0.6) is 0 Å². The van der Waals surface area contributed by atoms with Gasteiger partial charge in [0.05, 0.1) is 11.6 Å². The molecule has 4 aliphatic rings. The Morgan fingerprint density at radius 2 is 1.95 bits per heavy atom. The van der Waals surface area contributed by atoms with E-state index in [0.717, 1.165) is 23.1 Å². The fourth-order valence-electron chi connectivity index (χ4n) is 5.80. The van der Waals surface area contributed by atoms with E-state index < -0.39 is 77.7 Å². The summed E-state index contributed by atoms with van der Waals surface area (Å²) in [6.45, 7) is 1.85. The molecule has 208 valence electrons. The molecule has 2 bridgehead atoms. The summed E-state index contributed by atoms with van der Waals surface area (Å²) in [4.78, 5) is 52.3. The number of anilines is 1. The number of nitrogens with zero attached hydrogens (tertiary/aromatic N) is 1. The fourth-order valence-corrected chi connectivity index (χ4v) is 5.80. The van der Waals surface area contributed by atoms with E-state index in [1.54, 1.807) is 0 Å². The second-order valence-corrected chi connectivity index (χ2v) is 10.3. The van der Waals surface area contributed by atoms with Gasteiger partial charge >= 0.3 is 0 Å². The lowest BCUT2D eigenvalue weighted by molar-refractivity contribution is -0.194. The predicted molar refractivity (Wildman–Crippen MR) is 128 cm³/mol. The molecule has 0 aromatic heterocycles. The minimum atomic E-state index is -3.24. The van der Waals surface area contributed by atoms with Crippen LogP contribution in [0, 0.1) is 23.5 Å². The van der Waals surface area contributed by atoms with Crippen LogP contribution < -0.4 is 21.7 Å². The molecular formula is C25H31F4N5O4. The van der Waals surface area contributed by atoms with Crippen molar-refractivity contribution in [2.45, 2.75) is 75.5 Å². The van der Waals surface area contributed by atoms with Crippen LogP contribution in [0.1, 0.15) is 45.4 Å². The van der Waals surface area contributed by atoms with E-state index in [2.05, 4.69) is 16.0 Å². The molecule has 3 heterocycles. The molecule has 3 saturated heterocycles. The van der Waals surface area contributed by atoms with Crippen LogP contribution in [0.3, 0.4) is 0 Å². The normalized spacial score (nSPS) is 27.7. The Labute approximate surface area is 216 Å². The summed E-state index contributed by atoms with van der Waals surface area (Å²) in [6.07, 6.45) is 0.616. The molecule has 9 nitrogen and oxygen atoms in total. The van der Waals surface area contributed by atoms with Gasteiger partial charge in [-0.3, -0.25) is 19.2 Å². The van der Waals surface area contributed by atoms with Crippen molar-refractivity contribution in [2.75, 3.05) is 11.9 Å². The van der Waals surface area contributed by atoms with E-state index in [1.165, 1.54) is 6.92 Å². The maximum absolute atomic E-state index is 14.9. The van der Waals surface area contributed by atoms with Gasteiger partial charge in [-0.25, -0.2) is 17.6 Å². The molecule has 38 heavy (non-hydrogen) atoms. The van der Waals surface area contributed by atoms with Crippen LogP contribution in [-0.4, -0.2) is 65.2 Å². The minimum absolute atomic E-state index is 0.0217. The Hall–Kier alpha value is -3.38. The number of nitrogens with one attached hydrogen (secondary N) is 3. The van der Waals surface area contributed by atoms with Gasteiger partial charge in [-0.2, -0.15) is 0 Å². The van der Waals surface area contributed by atoms with Crippen molar-refractivity contribution in [1.29, 1.82) is 0 Å². The van der Waals surface area contributed by atoms with Crippen molar-refractivity contribution < 1.29 is 36.7 Å². The van der Waals surface area contributed by atoms with Crippen molar-refractivity contribution in [3.05, 3.63) is 29.8 Å². The molecule has 0 spiro atoms. The van der Waals surface area contributed by atoms with Crippen LogP contribution in [0.4, 0.5) is 23.2 Å². The number of piperidine rings is 3. The van der Waals surface area contributed by atoms with Gasteiger partial charge < -0.3 is 26.6 Å². The first-order chi connectivity index (χ1) is 17.9. The molecule has 1 aromatic rings. The molecule has 5 N–H and O–H groups in total. The molecule has 6 atom stereocenters. The number of hydrogen-bond donors (Lipinski definition) is 4. The van der Waals surface area contributed by atoms with Crippen LogP contribution in [-0.2, 0) is 19.2 Å². The van der Waals surface area contributed by atoms with Gasteiger partial charge in [0.2, 0.25) is 23.6 Å². The minimum Gasteiger partial charge on any atom is -0.371 e. The first kappa shape index (κ1) is 27.6. The average molecular weight is 542 g/mol. The van der Waals surface area contributed by atoms with Crippen molar-refractivity contribution in [2.24, 2.45) is 17.6 Å².